The van der Waals surface area contributed by atoms with E-state index in [2.05, 4.69) is 15.8 Å². The van der Waals surface area contributed by atoms with Gasteiger partial charge in [-0.05, 0) is 39.0 Å². The van der Waals surface area contributed by atoms with Crippen LogP contribution in [0.2, 0.25) is 0 Å². The van der Waals surface area contributed by atoms with Crippen molar-refractivity contribution in [2.45, 2.75) is 64.6 Å². The Morgan fingerprint density at radius 3 is 2.90 bits per heavy atom. The van der Waals surface area contributed by atoms with Gasteiger partial charge in [0, 0.05) is 18.2 Å². The molecule has 1 amide bonds. The molecule has 5 nitrogen and oxygen atoms in total. The van der Waals surface area contributed by atoms with Gasteiger partial charge in [-0.25, -0.2) is 0 Å². The van der Waals surface area contributed by atoms with Crippen LogP contribution in [0, 0.1) is 19.8 Å². The van der Waals surface area contributed by atoms with Crippen LogP contribution in [-0.2, 0) is 11.3 Å². The van der Waals surface area contributed by atoms with Crippen LogP contribution in [0.4, 0.5) is 0 Å². The number of rotatable bonds is 3. The maximum absolute atomic E-state index is 12.3. The number of aromatic nitrogens is 1. The number of hydrogen-bond donors (Lipinski definition) is 2. The fourth-order valence-electron chi connectivity index (χ4n) is 3.57. The Labute approximate surface area is 119 Å². The third-order valence-electron chi connectivity index (χ3n) is 4.80. The van der Waals surface area contributed by atoms with Crippen molar-refractivity contribution in [3.8, 4) is 0 Å². The molecule has 3 rings (SSSR count). The van der Waals surface area contributed by atoms with Gasteiger partial charge in [-0.1, -0.05) is 18.0 Å². The number of amides is 1. The van der Waals surface area contributed by atoms with Crippen molar-refractivity contribution < 1.29 is 9.32 Å². The molecule has 1 saturated heterocycles. The summed E-state index contributed by atoms with van der Waals surface area (Å²) in [5, 5.41) is 10.4. The number of hydrogen-bond acceptors (Lipinski definition) is 4. The third-order valence-corrected chi connectivity index (χ3v) is 4.80. The van der Waals surface area contributed by atoms with Gasteiger partial charge in [0.25, 0.3) is 0 Å². The zero-order valence-corrected chi connectivity index (χ0v) is 12.2. The van der Waals surface area contributed by atoms with E-state index in [4.69, 9.17) is 4.52 Å². The molecule has 3 atom stereocenters. The summed E-state index contributed by atoms with van der Waals surface area (Å²) in [6, 6.07) is 0.530. The molecular formula is C15H23N3O2. The van der Waals surface area contributed by atoms with Gasteiger partial charge in [-0.3, -0.25) is 4.79 Å². The molecule has 1 saturated carbocycles. The highest BCUT2D eigenvalue weighted by Crippen LogP contribution is 2.33. The van der Waals surface area contributed by atoms with Gasteiger partial charge in [0.15, 0.2) is 0 Å². The van der Waals surface area contributed by atoms with E-state index in [9.17, 15) is 4.79 Å². The molecule has 1 aliphatic carbocycles. The Bertz CT molecular complexity index is 464. The van der Waals surface area contributed by atoms with Crippen molar-refractivity contribution in [3.63, 3.8) is 0 Å². The number of fused-ring (bicyclic) bond motifs is 1. The number of carbonyl (C=O) groups excluding carboxylic acids is 1. The second kappa shape index (κ2) is 5.56. The van der Waals surface area contributed by atoms with E-state index < -0.39 is 0 Å². The zero-order valence-electron chi connectivity index (χ0n) is 12.2. The topological polar surface area (TPSA) is 67.2 Å². The summed E-state index contributed by atoms with van der Waals surface area (Å²) in [6.07, 6.45) is 6.08. The highest BCUT2D eigenvalue weighted by atomic mass is 16.5. The van der Waals surface area contributed by atoms with Gasteiger partial charge >= 0.3 is 0 Å². The van der Waals surface area contributed by atoms with Crippen LogP contribution < -0.4 is 10.6 Å². The first kappa shape index (κ1) is 13.6. The number of carbonyl (C=O) groups is 1. The van der Waals surface area contributed by atoms with E-state index in [1.54, 1.807) is 0 Å². The molecule has 5 heteroatoms. The fourth-order valence-corrected chi connectivity index (χ4v) is 3.57. The van der Waals surface area contributed by atoms with Crippen LogP contribution in [0.5, 0.6) is 0 Å². The van der Waals surface area contributed by atoms with E-state index in [-0.39, 0.29) is 11.9 Å². The maximum atomic E-state index is 12.3. The smallest absolute Gasteiger partial charge is 0.237 e. The summed E-state index contributed by atoms with van der Waals surface area (Å²) >= 11 is 0. The molecule has 2 N–H and O–H groups in total. The van der Waals surface area contributed by atoms with Crippen molar-refractivity contribution >= 4 is 5.91 Å². The monoisotopic (exact) mass is 277 g/mol. The first-order chi connectivity index (χ1) is 9.65. The average molecular weight is 277 g/mol. The first-order valence-electron chi connectivity index (χ1n) is 7.60. The van der Waals surface area contributed by atoms with Crippen LogP contribution in [0.3, 0.4) is 0 Å². The van der Waals surface area contributed by atoms with Gasteiger partial charge in [0.1, 0.15) is 5.76 Å². The van der Waals surface area contributed by atoms with Crippen LogP contribution in [0.15, 0.2) is 4.52 Å². The number of nitrogens with one attached hydrogen (secondary N) is 2. The maximum Gasteiger partial charge on any atom is 0.237 e. The molecule has 1 aliphatic heterocycles. The molecule has 0 bridgehead atoms. The summed E-state index contributed by atoms with van der Waals surface area (Å²) in [7, 11) is 0. The van der Waals surface area contributed by atoms with Gasteiger partial charge in [-0.15, -0.1) is 0 Å². The standard InChI is InChI=1S/C15H23N3O2/c1-9-12(10(2)20-18-9)8-16-15(19)14-7-11-5-3-4-6-13(11)17-14/h11,13-14,17H,3-8H2,1-2H3,(H,16,19). The van der Waals surface area contributed by atoms with Gasteiger partial charge in [0.05, 0.1) is 11.7 Å². The van der Waals surface area contributed by atoms with Crippen LogP contribution in [-0.4, -0.2) is 23.1 Å². The lowest BCUT2D eigenvalue weighted by molar-refractivity contribution is -0.123. The zero-order chi connectivity index (χ0) is 14.1. The van der Waals surface area contributed by atoms with Crippen molar-refractivity contribution in [2.75, 3.05) is 0 Å². The van der Waals surface area contributed by atoms with E-state index in [0.717, 1.165) is 23.4 Å². The van der Waals surface area contributed by atoms with Crippen LogP contribution in [0.1, 0.15) is 49.1 Å². The van der Waals surface area contributed by atoms with Crippen LogP contribution in [0.25, 0.3) is 0 Å². The summed E-state index contributed by atoms with van der Waals surface area (Å²) in [5.41, 5.74) is 1.85. The van der Waals surface area contributed by atoms with E-state index in [0.29, 0.717) is 18.5 Å². The third kappa shape index (κ3) is 2.59. The average Bonchev–Trinajstić information content (AvgIpc) is 3.01. The van der Waals surface area contributed by atoms with E-state index in [1.807, 2.05) is 13.8 Å². The van der Waals surface area contributed by atoms with Crippen LogP contribution >= 0.6 is 0 Å². The Balaban J connectivity index is 1.55. The highest BCUT2D eigenvalue weighted by Gasteiger charge is 2.38. The van der Waals surface area contributed by atoms with Crippen molar-refractivity contribution in [2.24, 2.45) is 5.92 Å². The minimum atomic E-state index is -0.0245. The Morgan fingerprint density at radius 2 is 2.20 bits per heavy atom. The number of nitrogens with zero attached hydrogens (tertiary/aromatic N) is 1. The van der Waals surface area contributed by atoms with Gasteiger partial charge in [0.2, 0.25) is 5.91 Å². The molecular weight excluding hydrogens is 254 g/mol. The molecule has 2 fully saturated rings. The second-order valence-electron chi connectivity index (χ2n) is 6.13. The second-order valence-corrected chi connectivity index (χ2v) is 6.13. The predicted molar refractivity (Wildman–Crippen MR) is 75.1 cm³/mol. The molecule has 2 heterocycles. The lowest BCUT2D eigenvalue weighted by atomic mass is 9.85. The molecule has 0 aromatic carbocycles. The quantitative estimate of drug-likeness (QED) is 0.884. The summed E-state index contributed by atoms with van der Waals surface area (Å²) < 4.78 is 5.11. The van der Waals surface area contributed by atoms with Crippen molar-refractivity contribution in [1.82, 2.24) is 15.8 Å². The van der Waals surface area contributed by atoms with Crippen molar-refractivity contribution in [1.29, 1.82) is 0 Å². The van der Waals surface area contributed by atoms with Gasteiger partial charge in [-0.2, -0.15) is 0 Å². The van der Waals surface area contributed by atoms with E-state index in [1.165, 1.54) is 25.7 Å². The minimum absolute atomic E-state index is 0.0245. The lowest BCUT2D eigenvalue weighted by Gasteiger charge is -2.24. The lowest BCUT2D eigenvalue weighted by Crippen LogP contribution is -2.43. The highest BCUT2D eigenvalue weighted by molar-refractivity contribution is 5.82. The molecule has 1 aromatic rings. The number of aryl methyl sites for hydroxylation is 2. The van der Waals surface area contributed by atoms with E-state index >= 15 is 0 Å². The normalized spacial score (nSPS) is 29.2. The first-order valence-corrected chi connectivity index (χ1v) is 7.60. The predicted octanol–water partition coefficient (Wildman–Crippen LogP) is 1.83. The Morgan fingerprint density at radius 1 is 1.40 bits per heavy atom. The summed E-state index contributed by atoms with van der Waals surface area (Å²) in [5.74, 6) is 1.59. The Kier molecular flexibility index (Phi) is 3.78. The summed E-state index contributed by atoms with van der Waals surface area (Å²) in [6.45, 7) is 4.29. The molecule has 3 unspecified atom stereocenters. The SMILES string of the molecule is Cc1noc(C)c1CNC(=O)C1CC2CCCCC2N1. The molecule has 0 spiro atoms. The summed E-state index contributed by atoms with van der Waals surface area (Å²) in [4.78, 5) is 12.3. The molecule has 0 radical (unpaired) electrons. The molecule has 1 aromatic heterocycles. The van der Waals surface area contributed by atoms with Gasteiger partial charge < -0.3 is 15.2 Å². The molecule has 20 heavy (non-hydrogen) atoms. The fraction of sp³-hybridized carbons (Fsp3) is 0.733. The molecule has 2 aliphatic rings. The van der Waals surface area contributed by atoms with Crippen molar-refractivity contribution in [3.05, 3.63) is 17.0 Å². The molecule has 110 valence electrons. The minimum Gasteiger partial charge on any atom is -0.361 e. The Hall–Kier alpha value is -1.36. The largest absolute Gasteiger partial charge is 0.361 e.